The minimum Gasteiger partial charge on any atom is -0.325 e. The van der Waals surface area contributed by atoms with Crippen LogP contribution < -0.4 is 21.6 Å². The molecule has 0 saturated heterocycles. The molecule has 0 saturated carbocycles. The van der Waals surface area contributed by atoms with Crippen LogP contribution in [0.5, 0.6) is 0 Å². The maximum Gasteiger partial charge on any atom is 0.330 e. The Balaban J connectivity index is 1.15. The zero-order valence-electron chi connectivity index (χ0n) is 18.9. The number of aromatic nitrogens is 4. The van der Waals surface area contributed by atoms with Crippen molar-refractivity contribution >= 4 is 45.9 Å². The second kappa shape index (κ2) is 7.11. The van der Waals surface area contributed by atoms with Gasteiger partial charge in [-0.1, -0.05) is 12.1 Å². The summed E-state index contributed by atoms with van der Waals surface area (Å²) in [6.07, 6.45) is 5.73. The number of anilines is 3. The number of pyridine rings is 2. The lowest BCUT2D eigenvalue weighted by Crippen LogP contribution is -2.35. The van der Waals surface area contributed by atoms with E-state index in [9.17, 15) is 19.2 Å². The highest BCUT2D eigenvalue weighted by molar-refractivity contribution is 6.06. The number of imidazole rings is 1. The molecule has 3 N–H and O–H groups in total. The first kappa shape index (κ1) is 20.6. The lowest BCUT2D eigenvalue weighted by Gasteiger charge is -2.20. The number of hydrogen-bond donors (Lipinski definition) is 3. The van der Waals surface area contributed by atoms with Crippen LogP contribution in [0.15, 0.2) is 53.7 Å². The fourth-order valence-electron chi connectivity index (χ4n) is 5.68. The highest BCUT2D eigenvalue weighted by Gasteiger charge is 2.51. The Kier molecular flexibility index (Phi) is 4.06. The summed E-state index contributed by atoms with van der Waals surface area (Å²) in [5.74, 6) is -0.161. The van der Waals surface area contributed by atoms with E-state index in [1.54, 1.807) is 12.3 Å². The van der Waals surface area contributed by atoms with Crippen LogP contribution >= 0.6 is 0 Å². The number of rotatable bonds is 3. The van der Waals surface area contributed by atoms with Gasteiger partial charge in [0.2, 0.25) is 17.7 Å². The standard InChI is InChI=1S/C25H19N7O4/c33-19(11-31-18-10-26-9-17-21(18)32(24(31)36)12-20(34)29-17)28-15-4-3-13-7-25(8-14(13)6-15)16-2-1-5-27-22(16)30-23(25)35/h1-6,9-10H,7-8,11-12H2,(H,28,33)(H,29,34)(H,27,30,35). The first-order valence-electron chi connectivity index (χ1n) is 11.5. The predicted octanol–water partition coefficient (Wildman–Crippen LogP) is 1.17. The molecule has 7 rings (SSSR count). The average molecular weight is 481 g/mol. The number of benzene rings is 1. The smallest absolute Gasteiger partial charge is 0.325 e. The summed E-state index contributed by atoms with van der Waals surface area (Å²) in [5.41, 5.74) is 3.85. The van der Waals surface area contributed by atoms with E-state index in [-0.39, 0.29) is 30.8 Å². The van der Waals surface area contributed by atoms with E-state index in [2.05, 4.69) is 25.9 Å². The Morgan fingerprint density at radius 1 is 1.08 bits per heavy atom. The Morgan fingerprint density at radius 2 is 1.94 bits per heavy atom. The molecule has 4 aromatic rings. The van der Waals surface area contributed by atoms with Crippen molar-refractivity contribution in [3.63, 3.8) is 0 Å². The van der Waals surface area contributed by atoms with Crippen LogP contribution in [0, 0.1) is 0 Å². The molecule has 3 aromatic heterocycles. The Labute approximate surface area is 203 Å². The molecule has 1 aromatic carbocycles. The molecule has 178 valence electrons. The Hall–Kier alpha value is -4.80. The molecule has 0 fully saturated rings. The van der Waals surface area contributed by atoms with Crippen molar-refractivity contribution < 1.29 is 14.4 Å². The van der Waals surface area contributed by atoms with Crippen LogP contribution in [-0.2, 0) is 45.7 Å². The lowest BCUT2D eigenvalue weighted by atomic mass is 9.79. The molecule has 1 unspecified atom stereocenters. The molecule has 3 aliphatic rings. The number of nitrogens with one attached hydrogen (secondary N) is 3. The minimum atomic E-state index is -0.688. The van der Waals surface area contributed by atoms with Gasteiger partial charge in [-0.2, -0.15) is 0 Å². The van der Waals surface area contributed by atoms with Gasteiger partial charge in [-0.05, 0) is 42.2 Å². The van der Waals surface area contributed by atoms with Crippen molar-refractivity contribution in [2.24, 2.45) is 0 Å². The highest BCUT2D eigenvalue weighted by Crippen LogP contribution is 2.46. The number of carbonyl (C=O) groups excluding carboxylic acids is 3. The zero-order valence-corrected chi connectivity index (χ0v) is 18.9. The van der Waals surface area contributed by atoms with Gasteiger partial charge in [-0.3, -0.25) is 28.5 Å². The fraction of sp³-hybridized carbons (Fsp3) is 0.200. The van der Waals surface area contributed by atoms with E-state index in [0.29, 0.717) is 41.1 Å². The third-order valence-electron chi connectivity index (χ3n) is 7.26. The van der Waals surface area contributed by atoms with Crippen LogP contribution in [0.1, 0.15) is 16.7 Å². The molecule has 11 nitrogen and oxygen atoms in total. The van der Waals surface area contributed by atoms with Crippen molar-refractivity contribution in [2.45, 2.75) is 31.3 Å². The highest BCUT2D eigenvalue weighted by atomic mass is 16.2. The first-order chi connectivity index (χ1) is 17.4. The molecule has 5 heterocycles. The molecule has 0 bridgehead atoms. The van der Waals surface area contributed by atoms with E-state index < -0.39 is 11.1 Å². The number of nitrogens with zero attached hydrogens (tertiary/aromatic N) is 4. The first-order valence-corrected chi connectivity index (χ1v) is 11.5. The molecule has 36 heavy (non-hydrogen) atoms. The lowest BCUT2D eigenvalue weighted by molar-refractivity contribution is -0.120. The topological polar surface area (TPSA) is 140 Å². The molecule has 11 heteroatoms. The van der Waals surface area contributed by atoms with Crippen molar-refractivity contribution in [1.29, 1.82) is 0 Å². The molecular weight excluding hydrogens is 462 g/mol. The molecule has 1 spiro atoms. The van der Waals surface area contributed by atoms with Gasteiger partial charge in [-0.25, -0.2) is 9.78 Å². The summed E-state index contributed by atoms with van der Waals surface area (Å²) in [7, 11) is 0. The molecule has 1 atom stereocenters. The van der Waals surface area contributed by atoms with Gasteiger partial charge >= 0.3 is 5.69 Å². The second-order valence-corrected chi connectivity index (χ2v) is 9.38. The molecular formula is C25H19N7O4. The summed E-state index contributed by atoms with van der Waals surface area (Å²) in [5, 5.41) is 8.46. The van der Waals surface area contributed by atoms with E-state index in [1.165, 1.54) is 21.5 Å². The van der Waals surface area contributed by atoms with E-state index >= 15 is 0 Å². The van der Waals surface area contributed by atoms with Crippen LogP contribution in [-0.4, -0.2) is 36.8 Å². The molecule has 1 aliphatic carbocycles. The number of hydrogen-bond acceptors (Lipinski definition) is 6. The van der Waals surface area contributed by atoms with Gasteiger partial charge in [0.1, 0.15) is 18.9 Å². The summed E-state index contributed by atoms with van der Waals surface area (Å²) in [6, 6.07) is 9.37. The van der Waals surface area contributed by atoms with Gasteiger partial charge in [0, 0.05) is 17.4 Å². The van der Waals surface area contributed by atoms with Crippen LogP contribution in [0.3, 0.4) is 0 Å². The maximum atomic E-state index is 13.0. The van der Waals surface area contributed by atoms with Gasteiger partial charge in [-0.15, -0.1) is 0 Å². The number of fused-ring (bicyclic) bond motifs is 3. The van der Waals surface area contributed by atoms with Crippen LogP contribution in [0.2, 0.25) is 0 Å². The maximum absolute atomic E-state index is 13.0. The SMILES string of the molecule is O=C(Cn1c(=O)n2c3c(cncc31)NC(=O)C2)Nc1ccc2c(c1)CC1(C2)C(=O)Nc2ncccc21. The van der Waals surface area contributed by atoms with E-state index in [0.717, 1.165) is 16.7 Å². The summed E-state index contributed by atoms with van der Waals surface area (Å²) >= 11 is 0. The van der Waals surface area contributed by atoms with E-state index in [1.807, 2.05) is 24.3 Å². The third-order valence-corrected chi connectivity index (χ3v) is 7.26. The zero-order chi connectivity index (χ0) is 24.6. The summed E-state index contributed by atoms with van der Waals surface area (Å²) in [4.78, 5) is 59.2. The largest absolute Gasteiger partial charge is 0.330 e. The van der Waals surface area contributed by atoms with Gasteiger partial charge in [0.05, 0.1) is 34.5 Å². The van der Waals surface area contributed by atoms with Crippen molar-refractivity contribution in [2.75, 3.05) is 16.0 Å². The van der Waals surface area contributed by atoms with Gasteiger partial charge in [0.15, 0.2) is 0 Å². The quantitative estimate of drug-likeness (QED) is 0.401. The van der Waals surface area contributed by atoms with Crippen LogP contribution in [0.4, 0.5) is 17.2 Å². The predicted molar refractivity (Wildman–Crippen MR) is 130 cm³/mol. The monoisotopic (exact) mass is 481 g/mol. The normalized spacial score (nSPS) is 19.2. The van der Waals surface area contributed by atoms with Crippen molar-refractivity contribution in [1.82, 2.24) is 19.1 Å². The summed E-state index contributed by atoms with van der Waals surface area (Å²) in [6.45, 7) is -0.343. The molecule has 0 radical (unpaired) electrons. The molecule has 3 amide bonds. The average Bonchev–Trinajstić information content (AvgIpc) is 3.46. The van der Waals surface area contributed by atoms with Crippen molar-refractivity contribution in [3.8, 4) is 0 Å². The molecule has 2 aliphatic heterocycles. The summed E-state index contributed by atoms with van der Waals surface area (Å²) < 4.78 is 2.67. The number of carbonyl (C=O) groups is 3. The van der Waals surface area contributed by atoms with Gasteiger partial charge < -0.3 is 16.0 Å². The minimum absolute atomic E-state index is 0.0629. The Bertz CT molecular complexity index is 1720. The fourth-order valence-corrected chi connectivity index (χ4v) is 5.68. The Morgan fingerprint density at radius 3 is 2.83 bits per heavy atom. The second-order valence-electron chi connectivity index (χ2n) is 9.38. The van der Waals surface area contributed by atoms with Gasteiger partial charge in [0.25, 0.3) is 0 Å². The van der Waals surface area contributed by atoms with Crippen molar-refractivity contribution in [3.05, 3.63) is 76.1 Å². The number of amides is 3. The third kappa shape index (κ3) is 2.79. The van der Waals surface area contributed by atoms with Crippen LogP contribution in [0.25, 0.3) is 11.0 Å². The van der Waals surface area contributed by atoms with E-state index in [4.69, 9.17) is 0 Å².